The van der Waals surface area contributed by atoms with Gasteiger partial charge in [0.1, 0.15) is 11.5 Å². The fraction of sp³-hybridized carbons (Fsp3) is 0.190. The summed E-state index contributed by atoms with van der Waals surface area (Å²) in [5.74, 6) is -0.459. The molecule has 0 saturated carbocycles. The number of amides is 1. The molecule has 0 bridgehead atoms. The summed E-state index contributed by atoms with van der Waals surface area (Å²) in [5.41, 5.74) is 3.91. The number of carbonyl (C=O) groups is 1. The van der Waals surface area contributed by atoms with Gasteiger partial charge >= 0.3 is 0 Å². The van der Waals surface area contributed by atoms with E-state index in [1.165, 1.54) is 12.1 Å². The van der Waals surface area contributed by atoms with Crippen molar-refractivity contribution in [3.63, 3.8) is 0 Å². The molecule has 0 unspecified atom stereocenters. The number of nitrogens with zero attached hydrogens (tertiary/aromatic N) is 5. The summed E-state index contributed by atoms with van der Waals surface area (Å²) in [6, 6.07) is 12.0. The van der Waals surface area contributed by atoms with Gasteiger partial charge in [0.2, 0.25) is 0 Å². The Labute approximate surface area is 160 Å². The fourth-order valence-corrected chi connectivity index (χ4v) is 3.83. The number of hydrogen-bond acceptors (Lipinski definition) is 3. The van der Waals surface area contributed by atoms with Crippen molar-refractivity contribution in [2.75, 3.05) is 11.4 Å². The maximum absolute atomic E-state index is 13.3. The van der Waals surface area contributed by atoms with E-state index in [1.54, 1.807) is 27.9 Å². The number of hydrogen-bond donors (Lipinski definition) is 0. The number of rotatable bonds is 2. The Balaban J connectivity index is 1.63. The molecule has 0 N–H and O–H groups in total. The van der Waals surface area contributed by atoms with Crippen LogP contribution >= 0.6 is 0 Å². The zero-order valence-electron chi connectivity index (χ0n) is 15.5. The zero-order chi connectivity index (χ0) is 19.4. The molecule has 0 saturated heterocycles. The minimum absolute atomic E-state index is 0.00642. The Morgan fingerprint density at radius 1 is 1.07 bits per heavy atom. The van der Waals surface area contributed by atoms with Gasteiger partial charge in [-0.1, -0.05) is 12.1 Å². The zero-order valence-corrected chi connectivity index (χ0v) is 15.5. The molecule has 28 heavy (non-hydrogen) atoms. The first-order valence-electron chi connectivity index (χ1n) is 9.10. The van der Waals surface area contributed by atoms with E-state index >= 15 is 0 Å². The Morgan fingerprint density at radius 2 is 1.86 bits per heavy atom. The molecule has 1 aliphatic heterocycles. The minimum Gasteiger partial charge on any atom is -0.305 e. The second-order valence-corrected chi connectivity index (χ2v) is 7.13. The van der Waals surface area contributed by atoms with Crippen LogP contribution in [0.1, 0.15) is 23.5 Å². The fourth-order valence-electron chi connectivity index (χ4n) is 3.83. The molecule has 7 heteroatoms. The van der Waals surface area contributed by atoms with Crippen LogP contribution in [0.15, 0.2) is 54.9 Å². The van der Waals surface area contributed by atoms with E-state index in [-0.39, 0.29) is 17.8 Å². The molecule has 1 atom stereocenters. The quantitative estimate of drug-likeness (QED) is 0.536. The first kappa shape index (κ1) is 16.7. The van der Waals surface area contributed by atoms with Gasteiger partial charge in [-0.3, -0.25) is 14.2 Å². The third-order valence-electron chi connectivity index (χ3n) is 5.31. The number of aromatic nitrogens is 4. The lowest BCUT2D eigenvalue weighted by Crippen LogP contribution is -2.42. The first-order chi connectivity index (χ1) is 13.5. The van der Waals surface area contributed by atoms with Crippen LogP contribution in [0.25, 0.3) is 22.0 Å². The van der Waals surface area contributed by atoms with Crippen LogP contribution in [-0.4, -0.2) is 32.0 Å². The summed E-state index contributed by atoms with van der Waals surface area (Å²) < 4.78 is 16.9. The first-order valence-corrected chi connectivity index (χ1v) is 9.10. The maximum atomic E-state index is 13.3. The van der Waals surface area contributed by atoms with Gasteiger partial charge in [-0.25, -0.2) is 4.39 Å². The number of halogens is 1. The molecule has 0 radical (unpaired) electrons. The van der Waals surface area contributed by atoms with Crippen molar-refractivity contribution in [2.45, 2.75) is 13.0 Å². The topological polar surface area (TPSA) is 56.0 Å². The summed E-state index contributed by atoms with van der Waals surface area (Å²) in [6.45, 7) is 2.51. The van der Waals surface area contributed by atoms with Gasteiger partial charge in [-0.15, -0.1) is 0 Å². The molecule has 4 aromatic rings. The monoisotopic (exact) mass is 375 g/mol. The van der Waals surface area contributed by atoms with Crippen molar-refractivity contribution >= 4 is 22.5 Å². The number of aryl methyl sites for hydroxylation is 1. The van der Waals surface area contributed by atoms with Crippen molar-refractivity contribution in [1.29, 1.82) is 0 Å². The van der Waals surface area contributed by atoms with E-state index in [0.717, 1.165) is 22.0 Å². The molecule has 2 aromatic carbocycles. The SMILES string of the molecule is C[C@H]1CN(c2ccc(F)cc2)C(=O)c2c(-c3ccc4cnn(C)c4c3)cnn21. The van der Waals surface area contributed by atoms with Gasteiger partial charge < -0.3 is 4.90 Å². The van der Waals surface area contributed by atoms with Crippen molar-refractivity contribution < 1.29 is 9.18 Å². The smallest absolute Gasteiger partial charge is 0.277 e. The second-order valence-electron chi connectivity index (χ2n) is 7.13. The van der Waals surface area contributed by atoms with Gasteiger partial charge in [-0.05, 0) is 42.8 Å². The molecular formula is C21H18FN5O. The third kappa shape index (κ3) is 2.43. The van der Waals surface area contributed by atoms with Gasteiger partial charge in [0.05, 0.1) is 24.0 Å². The predicted molar refractivity (Wildman–Crippen MR) is 105 cm³/mol. The van der Waals surface area contributed by atoms with Crippen LogP contribution in [0.5, 0.6) is 0 Å². The van der Waals surface area contributed by atoms with E-state index in [9.17, 15) is 9.18 Å². The highest BCUT2D eigenvalue weighted by molar-refractivity contribution is 6.10. The van der Waals surface area contributed by atoms with Crippen molar-refractivity contribution in [1.82, 2.24) is 19.6 Å². The van der Waals surface area contributed by atoms with Crippen molar-refractivity contribution in [3.05, 3.63) is 66.4 Å². The molecule has 5 rings (SSSR count). The van der Waals surface area contributed by atoms with Crippen LogP contribution in [-0.2, 0) is 7.05 Å². The average molecular weight is 375 g/mol. The second kappa shape index (κ2) is 6.02. The number of benzene rings is 2. The molecule has 140 valence electrons. The van der Waals surface area contributed by atoms with Crippen molar-refractivity contribution in [2.24, 2.45) is 7.05 Å². The molecule has 1 aliphatic rings. The summed E-state index contributed by atoms with van der Waals surface area (Å²) in [5, 5.41) is 9.81. The number of anilines is 1. The highest BCUT2D eigenvalue weighted by Crippen LogP contribution is 2.33. The van der Waals surface area contributed by atoms with E-state index < -0.39 is 0 Å². The van der Waals surface area contributed by atoms with Crippen LogP contribution in [0.2, 0.25) is 0 Å². The van der Waals surface area contributed by atoms with Crippen LogP contribution in [0, 0.1) is 5.82 Å². The lowest BCUT2D eigenvalue weighted by molar-refractivity contribution is 0.0954. The maximum Gasteiger partial charge on any atom is 0.277 e. The van der Waals surface area contributed by atoms with Crippen molar-refractivity contribution in [3.8, 4) is 11.1 Å². The Morgan fingerprint density at radius 3 is 2.64 bits per heavy atom. The van der Waals surface area contributed by atoms with Gasteiger partial charge in [0.25, 0.3) is 5.91 Å². The Hall–Kier alpha value is -3.48. The van der Waals surface area contributed by atoms with E-state index in [1.807, 2.05) is 43.0 Å². The minimum atomic E-state index is -0.323. The summed E-state index contributed by atoms with van der Waals surface area (Å²) in [4.78, 5) is 15.0. The standard InChI is InChI=1S/C21H18FN5O/c1-13-12-26(17-7-5-16(22)6-8-17)21(28)20-18(11-24-27(13)20)14-3-4-15-10-23-25(2)19(15)9-14/h3-11,13H,12H2,1-2H3/t13-/m0/s1. The average Bonchev–Trinajstić information content (AvgIpc) is 3.30. The lowest BCUT2D eigenvalue weighted by atomic mass is 10.0. The van der Waals surface area contributed by atoms with Crippen LogP contribution < -0.4 is 4.90 Å². The third-order valence-corrected chi connectivity index (χ3v) is 5.31. The number of fused-ring (bicyclic) bond motifs is 2. The van der Waals surface area contributed by atoms with E-state index in [2.05, 4.69) is 10.2 Å². The normalized spacial score (nSPS) is 16.6. The Kier molecular flexibility index (Phi) is 3.58. The lowest BCUT2D eigenvalue weighted by Gasteiger charge is -2.32. The predicted octanol–water partition coefficient (Wildman–Crippen LogP) is 3.80. The Bertz CT molecular complexity index is 1210. The van der Waals surface area contributed by atoms with Crippen LogP contribution in [0.4, 0.5) is 10.1 Å². The van der Waals surface area contributed by atoms with E-state index in [0.29, 0.717) is 17.9 Å². The van der Waals surface area contributed by atoms with Gasteiger partial charge in [0.15, 0.2) is 0 Å². The molecule has 3 heterocycles. The van der Waals surface area contributed by atoms with Gasteiger partial charge in [0, 0.05) is 30.2 Å². The molecule has 0 fully saturated rings. The highest BCUT2D eigenvalue weighted by atomic mass is 19.1. The summed E-state index contributed by atoms with van der Waals surface area (Å²) in [7, 11) is 1.89. The largest absolute Gasteiger partial charge is 0.305 e. The molecule has 2 aromatic heterocycles. The molecule has 0 aliphatic carbocycles. The van der Waals surface area contributed by atoms with Gasteiger partial charge in [-0.2, -0.15) is 10.2 Å². The molecular weight excluding hydrogens is 357 g/mol. The van der Waals surface area contributed by atoms with Crippen LogP contribution in [0.3, 0.4) is 0 Å². The van der Waals surface area contributed by atoms with E-state index in [4.69, 9.17) is 0 Å². The molecule has 6 nitrogen and oxygen atoms in total. The number of carbonyl (C=O) groups excluding carboxylic acids is 1. The highest BCUT2D eigenvalue weighted by Gasteiger charge is 2.33. The molecule has 1 amide bonds. The summed E-state index contributed by atoms with van der Waals surface area (Å²) >= 11 is 0. The summed E-state index contributed by atoms with van der Waals surface area (Å²) in [6.07, 6.45) is 3.56. The molecule has 0 spiro atoms.